The molecule has 0 aromatic carbocycles. The van der Waals surface area contributed by atoms with Gasteiger partial charge in [0, 0.05) is 25.0 Å². The molecule has 0 unspecified atom stereocenters. The Kier molecular flexibility index (Phi) is 12.2. The van der Waals surface area contributed by atoms with Crippen molar-refractivity contribution in [2.75, 3.05) is 19.8 Å². The van der Waals surface area contributed by atoms with Crippen LogP contribution in [0.4, 0.5) is 0 Å². The van der Waals surface area contributed by atoms with Gasteiger partial charge in [0.05, 0.1) is 24.9 Å². The van der Waals surface area contributed by atoms with E-state index in [1.807, 2.05) is 0 Å². The van der Waals surface area contributed by atoms with Crippen LogP contribution in [0.25, 0.3) is 0 Å². The Balaban J connectivity index is 3.34. The van der Waals surface area contributed by atoms with Crippen LogP contribution in [0.3, 0.4) is 0 Å². The maximum absolute atomic E-state index is 10.2. The molecule has 0 spiro atoms. The van der Waals surface area contributed by atoms with Gasteiger partial charge in [0.1, 0.15) is 0 Å². The zero-order valence-corrected chi connectivity index (χ0v) is 29.5. The average Bonchev–Trinajstić information content (AvgIpc) is 2.76. The van der Waals surface area contributed by atoms with E-state index in [4.69, 9.17) is 18.0 Å². The van der Waals surface area contributed by atoms with Gasteiger partial charge in [-0.25, -0.2) is 0 Å². The minimum Gasteiger partial charge on any atom is -0.417 e. The highest BCUT2D eigenvalue weighted by molar-refractivity contribution is 6.74. The van der Waals surface area contributed by atoms with Crippen LogP contribution in [0.15, 0.2) is 0 Å². The van der Waals surface area contributed by atoms with Crippen molar-refractivity contribution in [1.29, 1.82) is 0 Å². The number of hydrogen-bond donors (Lipinski definition) is 1. The van der Waals surface area contributed by atoms with Crippen molar-refractivity contribution in [2.24, 2.45) is 5.41 Å². The van der Waals surface area contributed by atoms with E-state index in [0.29, 0.717) is 13.2 Å². The first-order chi connectivity index (χ1) is 16.2. The zero-order chi connectivity index (χ0) is 28.2. The van der Waals surface area contributed by atoms with Gasteiger partial charge in [-0.3, -0.25) is 0 Å². The van der Waals surface area contributed by atoms with Crippen LogP contribution in [0, 0.1) is 5.41 Å². The lowest BCUT2D eigenvalue weighted by Crippen LogP contribution is -2.60. The second-order valence-electron chi connectivity index (χ2n) is 14.5. The molecule has 1 saturated heterocycles. The molecule has 1 heterocycles. The summed E-state index contributed by atoms with van der Waals surface area (Å²) in [5.74, 6) is 0. The molecule has 216 valence electrons. The Bertz CT molecular complexity index is 659. The summed E-state index contributed by atoms with van der Waals surface area (Å²) in [7, 11) is -5.69. The topological polar surface area (TPSA) is 57.2 Å². The number of rotatable bonds is 13. The van der Waals surface area contributed by atoms with E-state index in [-0.39, 0.29) is 40.4 Å². The summed E-state index contributed by atoms with van der Waals surface area (Å²) in [5, 5.41) is 10.5. The van der Waals surface area contributed by atoms with Gasteiger partial charge in [0.15, 0.2) is 25.0 Å². The van der Waals surface area contributed by atoms with E-state index < -0.39 is 25.0 Å². The summed E-state index contributed by atoms with van der Waals surface area (Å²) in [6.07, 6.45) is 1.24. The number of ether oxygens (including phenoxy) is 1. The molecule has 0 amide bonds. The summed E-state index contributed by atoms with van der Waals surface area (Å²) in [6, 6.07) is 3.33. The molecule has 0 aliphatic carbocycles. The van der Waals surface area contributed by atoms with Crippen molar-refractivity contribution in [3.8, 4) is 0 Å². The fourth-order valence-electron chi connectivity index (χ4n) is 4.53. The molecule has 5 nitrogen and oxygen atoms in total. The molecule has 1 N–H and O–H groups in total. The highest BCUT2D eigenvalue weighted by Gasteiger charge is 2.52. The molecule has 1 aliphatic rings. The average molecular weight is 563 g/mol. The molecule has 8 heteroatoms. The van der Waals surface area contributed by atoms with E-state index in [1.165, 1.54) is 0 Å². The smallest absolute Gasteiger partial charge is 0.192 e. The summed E-state index contributed by atoms with van der Waals surface area (Å²) >= 11 is 0. The Morgan fingerprint density at radius 2 is 1.33 bits per heavy atom. The number of hydrogen-bond acceptors (Lipinski definition) is 5. The first-order valence-electron chi connectivity index (χ1n) is 14.5. The first-order valence-corrected chi connectivity index (χ1v) is 22.8. The molecule has 4 atom stereocenters. The number of aliphatic hydroxyl groups is 1. The third-order valence-corrected chi connectivity index (χ3v) is 23.7. The van der Waals surface area contributed by atoms with Crippen molar-refractivity contribution in [1.82, 2.24) is 0 Å². The molecule has 0 bridgehead atoms. The Labute approximate surface area is 227 Å². The highest BCUT2D eigenvalue weighted by atomic mass is 28.4. The molecule has 1 rings (SSSR count). The van der Waals surface area contributed by atoms with Gasteiger partial charge in [0.25, 0.3) is 0 Å². The summed E-state index contributed by atoms with van der Waals surface area (Å²) in [5.41, 5.74) is -0.296. The lowest BCUT2D eigenvalue weighted by atomic mass is 9.74. The summed E-state index contributed by atoms with van der Waals surface area (Å²) < 4.78 is 27.3. The van der Waals surface area contributed by atoms with Gasteiger partial charge in [-0.1, -0.05) is 69.2 Å². The first kappa shape index (κ1) is 34.5. The largest absolute Gasteiger partial charge is 0.417 e. The molecule has 0 aromatic rings. The second kappa shape index (κ2) is 12.7. The monoisotopic (exact) mass is 562 g/mol. The quantitative estimate of drug-likeness (QED) is 0.231. The van der Waals surface area contributed by atoms with Crippen molar-refractivity contribution in [3.05, 3.63) is 0 Å². The normalized spacial score (nSPS) is 26.9. The minimum absolute atomic E-state index is 0.0116. The third kappa shape index (κ3) is 8.23. The predicted octanol–water partition coefficient (Wildman–Crippen LogP) is 7.97. The van der Waals surface area contributed by atoms with E-state index in [2.05, 4.69) is 95.4 Å². The Morgan fingerprint density at radius 1 is 0.861 bits per heavy atom. The molecular weight excluding hydrogens is 501 g/mol. The standard InChI is InChI=1S/C28H62O5Si3/c1-15-36(16-2,17-3)33-25-20-23(21-29)32-24(18-19-30-34(11,12)26(4,5)6)28(25,10)22-31-35(13,14)27(7,8)9/h23-25,29H,15-22H2,1-14H3/t23-,24-,25+,28-/m1/s1. The predicted molar refractivity (Wildman–Crippen MR) is 161 cm³/mol. The molecule has 0 saturated carbocycles. The van der Waals surface area contributed by atoms with Crippen LogP contribution in [-0.4, -0.2) is 68.2 Å². The van der Waals surface area contributed by atoms with E-state index in [0.717, 1.165) is 31.0 Å². The van der Waals surface area contributed by atoms with Crippen LogP contribution in [0.2, 0.25) is 54.4 Å². The van der Waals surface area contributed by atoms with Crippen molar-refractivity contribution >= 4 is 25.0 Å². The van der Waals surface area contributed by atoms with Crippen LogP contribution in [-0.2, 0) is 18.0 Å². The van der Waals surface area contributed by atoms with E-state index in [1.54, 1.807) is 0 Å². The molecular formula is C28H62O5Si3. The van der Waals surface area contributed by atoms with Gasteiger partial charge < -0.3 is 23.1 Å². The van der Waals surface area contributed by atoms with Crippen LogP contribution < -0.4 is 0 Å². The van der Waals surface area contributed by atoms with Gasteiger partial charge >= 0.3 is 0 Å². The van der Waals surface area contributed by atoms with Crippen molar-refractivity contribution < 1.29 is 23.1 Å². The molecule has 1 fully saturated rings. The molecule has 0 aromatic heterocycles. The molecule has 36 heavy (non-hydrogen) atoms. The SMILES string of the molecule is CC[Si](CC)(CC)O[C@H]1C[C@H](CO)O[C@H](CCO[Si](C)(C)C(C)(C)C)[C@@]1(C)CO[Si](C)(C)C(C)(C)C. The highest BCUT2D eigenvalue weighted by Crippen LogP contribution is 2.46. The Morgan fingerprint density at radius 3 is 1.75 bits per heavy atom. The maximum Gasteiger partial charge on any atom is 0.192 e. The fraction of sp³-hybridized carbons (Fsp3) is 1.00. The maximum atomic E-state index is 10.2. The van der Waals surface area contributed by atoms with Crippen molar-refractivity contribution in [3.63, 3.8) is 0 Å². The molecule has 0 radical (unpaired) electrons. The van der Waals surface area contributed by atoms with Gasteiger partial charge in [0.2, 0.25) is 0 Å². The second-order valence-corrected chi connectivity index (χ2v) is 28.8. The van der Waals surface area contributed by atoms with Gasteiger partial charge in [-0.05, 0) is 60.8 Å². The van der Waals surface area contributed by atoms with Gasteiger partial charge in [-0.15, -0.1) is 0 Å². The van der Waals surface area contributed by atoms with Crippen molar-refractivity contribution in [2.45, 2.75) is 155 Å². The zero-order valence-electron chi connectivity index (χ0n) is 26.5. The van der Waals surface area contributed by atoms with Gasteiger partial charge in [-0.2, -0.15) is 0 Å². The third-order valence-electron chi connectivity index (χ3n) is 10.0. The van der Waals surface area contributed by atoms with E-state index in [9.17, 15) is 5.11 Å². The van der Waals surface area contributed by atoms with Crippen LogP contribution >= 0.6 is 0 Å². The fourth-order valence-corrected chi connectivity index (χ4v) is 9.67. The van der Waals surface area contributed by atoms with E-state index >= 15 is 0 Å². The molecule has 1 aliphatic heterocycles. The van der Waals surface area contributed by atoms with Crippen LogP contribution in [0.5, 0.6) is 0 Å². The minimum atomic E-state index is -1.96. The van der Waals surface area contributed by atoms with Crippen LogP contribution in [0.1, 0.15) is 82.1 Å². The lowest BCUT2D eigenvalue weighted by Gasteiger charge is -2.53. The lowest BCUT2D eigenvalue weighted by molar-refractivity contribution is -0.198. The number of aliphatic hydroxyl groups excluding tert-OH is 1. The summed E-state index contributed by atoms with van der Waals surface area (Å²) in [6.45, 7) is 33.5. The summed E-state index contributed by atoms with van der Waals surface area (Å²) in [4.78, 5) is 0. The Hall–Kier alpha value is 0.451.